The van der Waals surface area contributed by atoms with Gasteiger partial charge in [0.1, 0.15) is 12.4 Å². The average Bonchev–Trinajstić information content (AvgIpc) is 2.75. The second kappa shape index (κ2) is 6.06. The molecule has 1 heterocycles. The molecule has 0 aromatic heterocycles. The molecule has 1 unspecified atom stereocenters. The van der Waals surface area contributed by atoms with Gasteiger partial charge in [0, 0.05) is 13.0 Å². The maximum absolute atomic E-state index is 11.7. The number of amides is 1. The van der Waals surface area contributed by atoms with Crippen LogP contribution in [0, 0.1) is 19.8 Å². The van der Waals surface area contributed by atoms with Crippen LogP contribution in [-0.2, 0) is 4.79 Å². The largest absolute Gasteiger partial charge is 0.491 e. The number of likely N-dealkylation sites (tertiary alicyclic amines) is 1. The van der Waals surface area contributed by atoms with Gasteiger partial charge in [0.05, 0.1) is 6.54 Å². The van der Waals surface area contributed by atoms with Crippen LogP contribution in [0.25, 0.3) is 0 Å². The van der Waals surface area contributed by atoms with Crippen molar-refractivity contribution < 1.29 is 9.53 Å². The van der Waals surface area contributed by atoms with Gasteiger partial charge in [-0.25, -0.2) is 0 Å². The van der Waals surface area contributed by atoms with Crippen molar-refractivity contribution >= 4 is 5.91 Å². The summed E-state index contributed by atoms with van der Waals surface area (Å²) in [5.74, 6) is 1.41. The van der Waals surface area contributed by atoms with E-state index < -0.39 is 0 Å². The van der Waals surface area contributed by atoms with E-state index in [0.29, 0.717) is 32.0 Å². The van der Waals surface area contributed by atoms with Gasteiger partial charge >= 0.3 is 0 Å². The molecule has 4 nitrogen and oxygen atoms in total. The first kappa shape index (κ1) is 13.9. The van der Waals surface area contributed by atoms with Crippen molar-refractivity contribution in [1.82, 2.24) is 4.90 Å². The number of nitrogens with two attached hydrogens (primary N) is 1. The highest BCUT2D eigenvalue weighted by Gasteiger charge is 2.28. The molecular formula is C15H22N2O2. The van der Waals surface area contributed by atoms with Gasteiger partial charge < -0.3 is 15.4 Å². The summed E-state index contributed by atoms with van der Waals surface area (Å²) in [5, 5.41) is 0. The fraction of sp³-hybridized carbons (Fsp3) is 0.533. The summed E-state index contributed by atoms with van der Waals surface area (Å²) in [6, 6.07) is 6.15. The summed E-state index contributed by atoms with van der Waals surface area (Å²) in [7, 11) is 0. The second-order valence-electron chi connectivity index (χ2n) is 5.26. The number of hydrogen-bond acceptors (Lipinski definition) is 3. The average molecular weight is 262 g/mol. The molecule has 0 aliphatic carbocycles. The maximum Gasteiger partial charge on any atom is 0.223 e. The zero-order valence-corrected chi connectivity index (χ0v) is 11.7. The Balaban J connectivity index is 1.84. The molecule has 1 saturated heterocycles. The number of carbonyl (C=O) groups excluding carboxylic acids is 1. The standard InChI is InChI=1S/C15H22N2O2/c1-11-3-4-12(2)14(7-11)19-6-5-17-10-13(9-16)8-15(17)18/h3-4,7,13H,5-6,8-10,16H2,1-2H3. The summed E-state index contributed by atoms with van der Waals surface area (Å²) in [6.45, 7) is 6.60. The zero-order chi connectivity index (χ0) is 13.8. The Morgan fingerprint density at radius 2 is 2.21 bits per heavy atom. The highest BCUT2D eigenvalue weighted by Crippen LogP contribution is 2.20. The van der Waals surface area contributed by atoms with E-state index in [-0.39, 0.29) is 5.91 Å². The van der Waals surface area contributed by atoms with Crippen molar-refractivity contribution in [2.75, 3.05) is 26.2 Å². The molecule has 1 aliphatic rings. The molecule has 1 aromatic carbocycles. The van der Waals surface area contributed by atoms with Gasteiger partial charge in [0.15, 0.2) is 0 Å². The normalized spacial score (nSPS) is 19.0. The van der Waals surface area contributed by atoms with E-state index in [1.165, 1.54) is 5.56 Å². The van der Waals surface area contributed by atoms with Crippen molar-refractivity contribution in [3.63, 3.8) is 0 Å². The van der Waals surface area contributed by atoms with E-state index in [2.05, 4.69) is 12.1 Å². The molecule has 2 N–H and O–H groups in total. The molecule has 1 fully saturated rings. The lowest BCUT2D eigenvalue weighted by molar-refractivity contribution is -0.128. The Labute approximate surface area is 114 Å². The van der Waals surface area contributed by atoms with Gasteiger partial charge in [-0.3, -0.25) is 4.79 Å². The zero-order valence-electron chi connectivity index (χ0n) is 11.7. The number of nitrogens with zero attached hydrogens (tertiary/aromatic N) is 1. The van der Waals surface area contributed by atoms with Crippen LogP contribution in [0.1, 0.15) is 17.5 Å². The van der Waals surface area contributed by atoms with Gasteiger partial charge in [-0.05, 0) is 43.5 Å². The smallest absolute Gasteiger partial charge is 0.223 e. The third-order valence-electron chi connectivity index (χ3n) is 3.59. The number of carbonyl (C=O) groups is 1. The maximum atomic E-state index is 11.7. The Bertz CT molecular complexity index is 459. The lowest BCUT2D eigenvalue weighted by atomic mass is 10.1. The molecule has 1 aliphatic heterocycles. The minimum absolute atomic E-state index is 0.194. The number of benzene rings is 1. The highest BCUT2D eigenvalue weighted by molar-refractivity contribution is 5.78. The van der Waals surface area contributed by atoms with E-state index in [1.54, 1.807) is 0 Å². The molecule has 0 saturated carbocycles. The first-order valence-electron chi connectivity index (χ1n) is 6.78. The Hall–Kier alpha value is -1.55. The molecule has 2 rings (SSSR count). The summed E-state index contributed by atoms with van der Waals surface area (Å²) in [4.78, 5) is 13.6. The number of rotatable bonds is 5. The minimum Gasteiger partial charge on any atom is -0.491 e. The van der Waals surface area contributed by atoms with E-state index in [4.69, 9.17) is 10.5 Å². The van der Waals surface area contributed by atoms with Crippen LogP contribution in [0.2, 0.25) is 0 Å². The summed E-state index contributed by atoms with van der Waals surface area (Å²) >= 11 is 0. The lowest BCUT2D eigenvalue weighted by Gasteiger charge is -2.17. The van der Waals surface area contributed by atoms with Crippen molar-refractivity contribution in [2.24, 2.45) is 11.7 Å². The fourth-order valence-electron chi connectivity index (χ4n) is 2.36. The molecule has 1 amide bonds. The summed E-state index contributed by atoms with van der Waals surface area (Å²) in [6.07, 6.45) is 0.583. The van der Waals surface area contributed by atoms with E-state index in [9.17, 15) is 4.79 Å². The van der Waals surface area contributed by atoms with E-state index in [1.807, 2.05) is 24.8 Å². The number of hydrogen-bond donors (Lipinski definition) is 1. The Morgan fingerprint density at radius 3 is 2.89 bits per heavy atom. The third kappa shape index (κ3) is 3.47. The van der Waals surface area contributed by atoms with Gasteiger partial charge in [-0.1, -0.05) is 12.1 Å². The van der Waals surface area contributed by atoms with Crippen LogP contribution in [-0.4, -0.2) is 37.0 Å². The SMILES string of the molecule is Cc1ccc(C)c(OCCN2CC(CN)CC2=O)c1. The van der Waals surface area contributed by atoms with Crippen molar-refractivity contribution in [3.8, 4) is 5.75 Å². The van der Waals surface area contributed by atoms with E-state index >= 15 is 0 Å². The van der Waals surface area contributed by atoms with Crippen LogP contribution in [0.15, 0.2) is 18.2 Å². The predicted octanol–water partition coefficient (Wildman–Crippen LogP) is 1.49. The van der Waals surface area contributed by atoms with Gasteiger partial charge in [0.2, 0.25) is 5.91 Å². The summed E-state index contributed by atoms with van der Waals surface area (Å²) in [5.41, 5.74) is 7.91. The van der Waals surface area contributed by atoms with Crippen LogP contribution in [0.3, 0.4) is 0 Å². The second-order valence-corrected chi connectivity index (χ2v) is 5.26. The molecule has 0 spiro atoms. The topological polar surface area (TPSA) is 55.6 Å². The van der Waals surface area contributed by atoms with Crippen LogP contribution >= 0.6 is 0 Å². The predicted molar refractivity (Wildman–Crippen MR) is 75.2 cm³/mol. The molecule has 19 heavy (non-hydrogen) atoms. The van der Waals surface area contributed by atoms with E-state index in [0.717, 1.165) is 17.9 Å². The first-order valence-corrected chi connectivity index (χ1v) is 6.78. The Morgan fingerprint density at radius 1 is 1.42 bits per heavy atom. The number of aryl methyl sites for hydroxylation is 2. The van der Waals surface area contributed by atoms with Gasteiger partial charge in [0.25, 0.3) is 0 Å². The quantitative estimate of drug-likeness (QED) is 0.874. The first-order chi connectivity index (χ1) is 9.10. The van der Waals surface area contributed by atoms with Crippen LogP contribution in [0.5, 0.6) is 5.75 Å². The fourth-order valence-corrected chi connectivity index (χ4v) is 2.36. The van der Waals surface area contributed by atoms with Gasteiger partial charge in [-0.2, -0.15) is 0 Å². The molecule has 0 bridgehead atoms. The van der Waals surface area contributed by atoms with Gasteiger partial charge in [-0.15, -0.1) is 0 Å². The van der Waals surface area contributed by atoms with Crippen molar-refractivity contribution in [1.29, 1.82) is 0 Å². The molecule has 1 atom stereocenters. The molecular weight excluding hydrogens is 240 g/mol. The monoisotopic (exact) mass is 262 g/mol. The lowest BCUT2D eigenvalue weighted by Crippen LogP contribution is -2.30. The summed E-state index contributed by atoms with van der Waals surface area (Å²) < 4.78 is 5.77. The number of ether oxygens (including phenoxy) is 1. The van der Waals surface area contributed by atoms with Crippen molar-refractivity contribution in [2.45, 2.75) is 20.3 Å². The molecule has 0 radical (unpaired) electrons. The third-order valence-corrected chi connectivity index (χ3v) is 3.59. The van der Waals surface area contributed by atoms with Crippen molar-refractivity contribution in [3.05, 3.63) is 29.3 Å². The molecule has 104 valence electrons. The Kier molecular flexibility index (Phi) is 4.43. The van der Waals surface area contributed by atoms with Crippen LogP contribution in [0.4, 0.5) is 0 Å². The highest BCUT2D eigenvalue weighted by atomic mass is 16.5. The van der Waals surface area contributed by atoms with Crippen LogP contribution < -0.4 is 10.5 Å². The minimum atomic E-state index is 0.194. The molecule has 4 heteroatoms. The molecule has 1 aromatic rings.